The Morgan fingerprint density at radius 3 is 2.61 bits per heavy atom. The Balaban J connectivity index is 1.93. The fourth-order valence-electron chi connectivity index (χ4n) is 3.41. The monoisotopic (exact) mass is 439 g/mol. The summed E-state index contributed by atoms with van der Waals surface area (Å²) in [6, 6.07) is 6.23. The molecule has 3 aromatic rings. The van der Waals surface area contributed by atoms with Crippen LogP contribution in [-0.2, 0) is 9.59 Å². The Morgan fingerprint density at radius 1 is 1.26 bits per heavy atom. The average Bonchev–Trinajstić information content (AvgIpc) is 3.23. The minimum Gasteiger partial charge on any atom is -0.507 e. The number of aliphatic hydroxyl groups excluding tert-OH is 1. The van der Waals surface area contributed by atoms with Crippen LogP contribution in [0.1, 0.15) is 27.7 Å². The van der Waals surface area contributed by atoms with Crippen molar-refractivity contribution in [3.8, 4) is 5.75 Å². The summed E-state index contributed by atoms with van der Waals surface area (Å²) in [5, 5.41) is 11.3. The Hall–Kier alpha value is -3.59. The minimum atomic E-state index is -0.955. The first-order valence-corrected chi connectivity index (χ1v) is 10.1. The van der Waals surface area contributed by atoms with Crippen molar-refractivity contribution in [2.24, 2.45) is 0 Å². The van der Waals surface area contributed by atoms with Gasteiger partial charge in [-0.3, -0.25) is 19.5 Å². The van der Waals surface area contributed by atoms with Crippen LogP contribution in [0.5, 0.6) is 5.75 Å². The molecule has 0 saturated carbocycles. The van der Waals surface area contributed by atoms with E-state index in [1.165, 1.54) is 41.7 Å². The zero-order chi connectivity index (χ0) is 22.3. The van der Waals surface area contributed by atoms with Gasteiger partial charge in [-0.2, -0.15) is 0 Å². The fourth-order valence-corrected chi connectivity index (χ4v) is 4.35. The highest BCUT2D eigenvalue weighted by Gasteiger charge is 2.48. The van der Waals surface area contributed by atoms with Gasteiger partial charge in [0.15, 0.2) is 16.7 Å². The number of aryl methyl sites for hydroxylation is 2. The van der Waals surface area contributed by atoms with Gasteiger partial charge in [-0.25, -0.2) is 9.37 Å². The maximum Gasteiger partial charge on any atom is 0.301 e. The summed E-state index contributed by atoms with van der Waals surface area (Å²) in [6.45, 7) is 3.68. The van der Waals surface area contributed by atoms with E-state index in [1.807, 2.05) is 13.8 Å². The molecule has 4 rings (SSSR count). The number of rotatable bonds is 4. The molecule has 7 nitrogen and oxygen atoms in total. The summed E-state index contributed by atoms with van der Waals surface area (Å²) in [5.74, 6) is -2.90. The third-order valence-corrected chi connectivity index (χ3v) is 6.17. The molecule has 1 atom stereocenters. The maximum atomic E-state index is 14.2. The van der Waals surface area contributed by atoms with E-state index in [1.54, 1.807) is 18.3 Å². The van der Waals surface area contributed by atoms with E-state index in [2.05, 4.69) is 9.97 Å². The Morgan fingerprint density at radius 2 is 2.03 bits per heavy atom. The number of carbonyl (C=O) groups excluding carboxylic acids is 2. The van der Waals surface area contributed by atoms with E-state index in [0.717, 1.165) is 16.6 Å². The van der Waals surface area contributed by atoms with E-state index in [9.17, 15) is 19.1 Å². The molecule has 9 heteroatoms. The third kappa shape index (κ3) is 3.46. The molecule has 1 amide bonds. The quantitative estimate of drug-likeness (QED) is 0.376. The van der Waals surface area contributed by atoms with E-state index < -0.39 is 29.3 Å². The van der Waals surface area contributed by atoms with Gasteiger partial charge in [-0.1, -0.05) is 6.07 Å². The predicted molar refractivity (Wildman–Crippen MR) is 114 cm³/mol. The second kappa shape index (κ2) is 7.92. The van der Waals surface area contributed by atoms with Crippen molar-refractivity contribution >= 4 is 33.9 Å². The van der Waals surface area contributed by atoms with Crippen LogP contribution < -0.4 is 9.64 Å². The molecule has 1 saturated heterocycles. The van der Waals surface area contributed by atoms with Gasteiger partial charge in [-0.05, 0) is 43.7 Å². The lowest BCUT2D eigenvalue weighted by Crippen LogP contribution is -2.29. The van der Waals surface area contributed by atoms with E-state index in [-0.39, 0.29) is 16.9 Å². The molecule has 31 heavy (non-hydrogen) atoms. The molecule has 0 aliphatic carbocycles. The fraction of sp³-hybridized carbons (Fsp3) is 0.182. The molecule has 1 aliphatic rings. The normalized spacial score (nSPS) is 17.9. The number of ketones is 1. The van der Waals surface area contributed by atoms with Gasteiger partial charge in [0, 0.05) is 22.8 Å². The number of ether oxygens (including phenoxy) is 1. The third-order valence-electron chi connectivity index (χ3n) is 5.09. The molecule has 3 heterocycles. The molecule has 1 aliphatic heterocycles. The number of aliphatic hydroxyl groups is 1. The van der Waals surface area contributed by atoms with Crippen LogP contribution in [0.15, 0.2) is 48.3 Å². The lowest BCUT2D eigenvalue weighted by atomic mass is 9.96. The first-order valence-electron chi connectivity index (χ1n) is 9.32. The highest BCUT2D eigenvalue weighted by Crippen LogP contribution is 2.43. The lowest BCUT2D eigenvalue weighted by molar-refractivity contribution is -0.132. The first-order chi connectivity index (χ1) is 14.8. The second-order valence-corrected chi connectivity index (χ2v) is 8.12. The van der Waals surface area contributed by atoms with Crippen molar-refractivity contribution in [1.29, 1.82) is 0 Å². The number of aromatic nitrogens is 2. The molecule has 0 bridgehead atoms. The van der Waals surface area contributed by atoms with Crippen molar-refractivity contribution < 1.29 is 23.8 Å². The van der Waals surface area contributed by atoms with Gasteiger partial charge >= 0.3 is 5.91 Å². The number of anilines is 1. The molecule has 0 radical (unpaired) electrons. The minimum absolute atomic E-state index is 0.00505. The zero-order valence-corrected chi connectivity index (χ0v) is 17.7. The highest BCUT2D eigenvalue weighted by atomic mass is 32.1. The van der Waals surface area contributed by atoms with Crippen LogP contribution in [0.2, 0.25) is 0 Å². The largest absolute Gasteiger partial charge is 0.507 e. The molecule has 2 aromatic heterocycles. The summed E-state index contributed by atoms with van der Waals surface area (Å²) >= 11 is 1.27. The number of amides is 1. The number of benzene rings is 1. The lowest BCUT2D eigenvalue weighted by Gasteiger charge is -2.22. The topological polar surface area (TPSA) is 92.6 Å². The van der Waals surface area contributed by atoms with Crippen LogP contribution in [-0.4, -0.2) is 33.9 Å². The van der Waals surface area contributed by atoms with Crippen LogP contribution in [0.3, 0.4) is 0 Å². The van der Waals surface area contributed by atoms with Crippen molar-refractivity contribution in [3.63, 3.8) is 0 Å². The number of hydrogen-bond donors (Lipinski definition) is 1. The van der Waals surface area contributed by atoms with Gasteiger partial charge in [0.1, 0.15) is 5.76 Å². The van der Waals surface area contributed by atoms with Crippen molar-refractivity contribution in [1.82, 2.24) is 9.97 Å². The van der Waals surface area contributed by atoms with E-state index >= 15 is 0 Å². The molecular formula is C22H18FN3O4S. The van der Waals surface area contributed by atoms with E-state index in [4.69, 9.17) is 4.74 Å². The molecule has 0 unspecified atom stereocenters. The number of halogens is 1. The summed E-state index contributed by atoms with van der Waals surface area (Å²) in [4.78, 5) is 36.7. The maximum absolute atomic E-state index is 14.2. The van der Waals surface area contributed by atoms with Crippen LogP contribution in [0.4, 0.5) is 9.52 Å². The van der Waals surface area contributed by atoms with Crippen molar-refractivity contribution in [3.05, 3.63) is 75.8 Å². The van der Waals surface area contributed by atoms with Gasteiger partial charge < -0.3 is 9.84 Å². The SMILES string of the molecule is COc1ccc(C(O)=C2C(=O)C(=O)N(c3nc(C)c(C)s3)[C@@H]2c2cccnc2)cc1F. The Labute approximate surface area is 181 Å². The van der Waals surface area contributed by atoms with Crippen molar-refractivity contribution in [2.75, 3.05) is 12.0 Å². The molecule has 1 aromatic carbocycles. The second-order valence-electron chi connectivity index (χ2n) is 6.94. The summed E-state index contributed by atoms with van der Waals surface area (Å²) in [7, 11) is 1.32. The van der Waals surface area contributed by atoms with Crippen molar-refractivity contribution in [2.45, 2.75) is 19.9 Å². The number of Topliss-reactive ketones (excluding diaryl/α,β-unsaturated/α-hetero) is 1. The number of carbonyl (C=O) groups is 2. The predicted octanol–water partition coefficient (Wildman–Crippen LogP) is 3.93. The van der Waals surface area contributed by atoms with Gasteiger partial charge in [-0.15, -0.1) is 11.3 Å². The number of pyridine rings is 1. The molecule has 0 spiro atoms. The van der Waals surface area contributed by atoms with Crippen LogP contribution in [0, 0.1) is 19.7 Å². The molecular weight excluding hydrogens is 421 g/mol. The molecule has 1 fully saturated rings. The van der Waals surface area contributed by atoms with E-state index in [0.29, 0.717) is 10.7 Å². The zero-order valence-electron chi connectivity index (χ0n) is 16.9. The molecule has 1 N–H and O–H groups in total. The standard InChI is InChI=1S/C22H18FN3O4S/c1-11-12(2)31-22(25-11)26-18(14-5-4-8-24-10-14)17(20(28)21(26)29)19(27)13-6-7-16(30-3)15(23)9-13/h4-10,18,27H,1-3H3/t18-/m1/s1. The number of thiazole rings is 1. The van der Waals surface area contributed by atoms with Gasteiger partial charge in [0.25, 0.3) is 5.78 Å². The average molecular weight is 439 g/mol. The number of hydrogen-bond acceptors (Lipinski definition) is 7. The summed E-state index contributed by atoms with van der Waals surface area (Å²) < 4.78 is 19.1. The number of nitrogens with zero attached hydrogens (tertiary/aromatic N) is 3. The summed E-state index contributed by atoms with van der Waals surface area (Å²) in [6.07, 6.45) is 3.07. The highest BCUT2D eigenvalue weighted by molar-refractivity contribution is 7.16. The van der Waals surface area contributed by atoms with Crippen LogP contribution in [0.25, 0.3) is 5.76 Å². The summed E-state index contributed by atoms with van der Waals surface area (Å²) in [5.41, 5.74) is 1.15. The van der Waals surface area contributed by atoms with Gasteiger partial charge in [0.2, 0.25) is 0 Å². The van der Waals surface area contributed by atoms with Crippen LogP contribution >= 0.6 is 11.3 Å². The number of methoxy groups -OCH3 is 1. The molecule has 158 valence electrons. The first kappa shape index (κ1) is 20.7. The Kier molecular flexibility index (Phi) is 5.28. The van der Waals surface area contributed by atoms with Gasteiger partial charge in [0.05, 0.1) is 24.4 Å². The smallest absolute Gasteiger partial charge is 0.301 e. The Bertz CT molecular complexity index is 1200.